The first kappa shape index (κ1) is 19.9. The first-order valence-electron chi connectivity index (χ1n) is 8.97. The molecule has 0 radical (unpaired) electrons. The molecule has 3 rings (SSSR count). The zero-order chi connectivity index (χ0) is 20.5. The van der Waals surface area contributed by atoms with Crippen molar-refractivity contribution < 1.29 is 18.0 Å². The molecular formula is C22H21F3N2O. The number of carbonyl (C=O) groups is 1. The fourth-order valence-electron chi connectivity index (χ4n) is 3.61. The lowest BCUT2D eigenvalue weighted by atomic mass is 9.86. The van der Waals surface area contributed by atoms with Crippen molar-refractivity contribution in [3.05, 3.63) is 71.3 Å². The molecule has 1 unspecified atom stereocenters. The highest BCUT2D eigenvalue weighted by Gasteiger charge is 2.30. The molecule has 0 saturated heterocycles. The Bertz CT molecular complexity index is 1010. The van der Waals surface area contributed by atoms with Gasteiger partial charge in [-0.2, -0.15) is 13.2 Å². The Labute approximate surface area is 161 Å². The van der Waals surface area contributed by atoms with Crippen molar-refractivity contribution >= 4 is 16.7 Å². The van der Waals surface area contributed by atoms with Crippen LogP contribution in [0.1, 0.15) is 40.7 Å². The summed E-state index contributed by atoms with van der Waals surface area (Å²) in [6, 6.07) is 14.1. The Kier molecular flexibility index (Phi) is 5.42. The van der Waals surface area contributed by atoms with E-state index in [1.165, 1.54) is 12.1 Å². The largest absolute Gasteiger partial charge is 0.416 e. The van der Waals surface area contributed by atoms with E-state index in [1.54, 1.807) is 12.1 Å². The lowest BCUT2D eigenvalue weighted by Gasteiger charge is -2.19. The van der Waals surface area contributed by atoms with Crippen molar-refractivity contribution in [1.29, 1.82) is 0 Å². The van der Waals surface area contributed by atoms with Gasteiger partial charge in [0.2, 0.25) is 5.91 Å². The molecule has 0 aliphatic carbocycles. The first-order chi connectivity index (χ1) is 13.2. The van der Waals surface area contributed by atoms with Gasteiger partial charge in [0, 0.05) is 5.56 Å². The van der Waals surface area contributed by atoms with E-state index < -0.39 is 17.6 Å². The summed E-state index contributed by atoms with van der Waals surface area (Å²) in [5, 5.41) is 1.71. The fraction of sp³-hybridized carbons (Fsp3) is 0.227. The average Bonchev–Trinajstić information content (AvgIpc) is 2.66. The molecule has 0 aliphatic heterocycles. The summed E-state index contributed by atoms with van der Waals surface area (Å²) in [5.41, 5.74) is 13.3. The molecule has 0 saturated carbocycles. The maximum absolute atomic E-state index is 12.9. The van der Waals surface area contributed by atoms with Crippen LogP contribution in [0.4, 0.5) is 13.2 Å². The SMILES string of the molecule is CC(CCN)c1c(C(N)=O)ccc2c(-c3ccc(C(F)(F)F)cc3)cccc12. The quantitative estimate of drug-likeness (QED) is 0.642. The molecule has 0 fully saturated rings. The summed E-state index contributed by atoms with van der Waals surface area (Å²) < 4.78 is 38.6. The normalized spacial score (nSPS) is 12.9. The van der Waals surface area contributed by atoms with Gasteiger partial charge in [-0.25, -0.2) is 0 Å². The maximum atomic E-state index is 12.9. The zero-order valence-electron chi connectivity index (χ0n) is 15.4. The fourth-order valence-corrected chi connectivity index (χ4v) is 3.61. The monoisotopic (exact) mass is 386 g/mol. The molecular weight excluding hydrogens is 365 g/mol. The molecule has 1 amide bonds. The second-order valence-electron chi connectivity index (χ2n) is 6.85. The van der Waals surface area contributed by atoms with Crippen LogP contribution in [0.2, 0.25) is 0 Å². The summed E-state index contributed by atoms with van der Waals surface area (Å²) in [4.78, 5) is 11.9. The topological polar surface area (TPSA) is 69.1 Å². The van der Waals surface area contributed by atoms with Crippen LogP contribution < -0.4 is 11.5 Å². The number of fused-ring (bicyclic) bond motifs is 1. The van der Waals surface area contributed by atoms with Gasteiger partial charge in [0.1, 0.15) is 0 Å². The minimum atomic E-state index is -4.38. The summed E-state index contributed by atoms with van der Waals surface area (Å²) in [7, 11) is 0. The number of halogens is 3. The van der Waals surface area contributed by atoms with E-state index >= 15 is 0 Å². The van der Waals surface area contributed by atoms with Gasteiger partial charge in [-0.05, 0) is 64.5 Å². The van der Waals surface area contributed by atoms with E-state index in [0.29, 0.717) is 24.1 Å². The standard InChI is InChI=1S/C22H21F3N2O/c1-13(11-12-26)20-18-4-2-3-16(17(18)9-10-19(20)21(27)28)14-5-7-15(8-6-14)22(23,24)25/h2-10,13H,11-12,26H2,1H3,(H2,27,28). The van der Waals surface area contributed by atoms with E-state index in [2.05, 4.69) is 0 Å². The number of hydrogen-bond acceptors (Lipinski definition) is 2. The van der Waals surface area contributed by atoms with E-state index in [1.807, 2.05) is 25.1 Å². The summed E-state index contributed by atoms with van der Waals surface area (Å²) in [6.45, 7) is 2.45. The van der Waals surface area contributed by atoms with Gasteiger partial charge in [-0.15, -0.1) is 0 Å². The Balaban J connectivity index is 2.21. The zero-order valence-corrected chi connectivity index (χ0v) is 15.4. The van der Waals surface area contributed by atoms with Crippen LogP contribution in [-0.2, 0) is 6.18 Å². The van der Waals surface area contributed by atoms with E-state index in [9.17, 15) is 18.0 Å². The Morgan fingerprint density at radius 1 is 1.00 bits per heavy atom. The lowest BCUT2D eigenvalue weighted by molar-refractivity contribution is -0.137. The third kappa shape index (κ3) is 3.73. The van der Waals surface area contributed by atoms with Gasteiger partial charge in [-0.1, -0.05) is 43.3 Å². The summed E-state index contributed by atoms with van der Waals surface area (Å²) >= 11 is 0. The molecule has 0 bridgehead atoms. The predicted molar refractivity (Wildman–Crippen MR) is 105 cm³/mol. The Morgan fingerprint density at radius 2 is 1.68 bits per heavy atom. The molecule has 4 N–H and O–H groups in total. The molecule has 146 valence electrons. The Hall–Kier alpha value is -2.86. The number of amides is 1. The number of alkyl halides is 3. The number of rotatable bonds is 5. The summed E-state index contributed by atoms with van der Waals surface area (Å²) in [5.74, 6) is -0.500. The smallest absolute Gasteiger partial charge is 0.366 e. The van der Waals surface area contributed by atoms with Crippen LogP contribution in [0.5, 0.6) is 0 Å². The van der Waals surface area contributed by atoms with Gasteiger partial charge < -0.3 is 11.5 Å². The van der Waals surface area contributed by atoms with Crippen molar-refractivity contribution in [2.24, 2.45) is 11.5 Å². The van der Waals surface area contributed by atoms with Crippen molar-refractivity contribution in [3.63, 3.8) is 0 Å². The molecule has 3 aromatic rings. The van der Waals surface area contributed by atoms with Gasteiger partial charge in [0.05, 0.1) is 5.56 Å². The van der Waals surface area contributed by atoms with Gasteiger partial charge >= 0.3 is 6.18 Å². The first-order valence-corrected chi connectivity index (χ1v) is 8.97. The van der Waals surface area contributed by atoms with E-state index in [4.69, 9.17) is 11.5 Å². The average molecular weight is 386 g/mol. The highest BCUT2D eigenvalue weighted by atomic mass is 19.4. The van der Waals surface area contributed by atoms with E-state index in [-0.39, 0.29) is 5.92 Å². The third-order valence-electron chi connectivity index (χ3n) is 4.98. The minimum Gasteiger partial charge on any atom is -0.366 e. The maximum Gasteiger partial charge on any atom is 0.416 e. The number of primary amides is 1. The highest BCUT2D eigenvalue weighted by molar-refractivity contribution is 6.05. The second kappa shape index (κ2) is 7.64. The molecule has 0 aromatic heterocycles. The number of hydrogen-bond donors (Lipinski definition) is 2. The van der Waals surface area contributed by atoms with Crippen LogP contribution in [-0.4, -0.2) is 12.5 Å². The molecule has 0 aliphatic rings. The third-order valence-corrected chi connectivity index (χ3v) is 4.98. The Morgan fingerprint density at radius 3 is 2.25 bits per heavy atom. The van der Waals surface area contributed by atoms with Gasteiger partial charge in [-0.3, -0.25) is 4.79 Å². The second-order valence-corrected chi connectivity index (χ2v) is 6.85. The van der Waals surface area contributed by atoms with Gasteiger partial charge in [0.25, 0.3) is 0 Å². The highest BCUT2D eigenvalue weighted by Crippen LogP contribution is 2.37. The molecule has 28 heavy (non-hydrogen) atoms. The number of nitrogens with two attached hydrogens (primary N) is 2. The predicted octanol–water partition coefficient (Wildman–Crippen LogP) is 5.08. The molecule has 6 heteroatoms. The molecule has 0 heterocycles. The van der Waals surface area contributed by atoms with E-state index in [0.717, 1.165) is 34.0 Å². The lowest BCUT2D eigenvalue weighted by Crippen LogP contribution is -2.16. The van der Waals surface area contributed by atoms with Gasteiger partial charge in [0.15, 0.2) is 0 Å². The van der Waals surface area contributed by atoms with Crippen LogP contribution in [0.25, 0.3) is 21.9 Å². The number of benzene rings is 3. The summed E-state index contributed by atoms with van der Waals surface area (Å²) in [6.07, 6.45) is -3.69. The van der Waals surface area contributed by atoms with Crippen LogP contribution in [0.3, 0.4) is 0 Å². The van der Waals surface area contributed by atoms with Crippen LogP contribution in [0.15, 0.2) is 54.6 Å². The number of carbonyl (C=O) groups excluding carboxylic acids is 1. The molecule has 3 nitrogen and oxygen atoms in total. The molecule has 0 spiro atoms. The van der Waals surface area contributed by atoms with Crippen LogP contribution in [0, 0.1) is 0 Å². The minimum absolute atomic E-state index is 0.0130. The van der Waals surface area contributed by atoms with Crippen molar-refractivity contribution in [2.45, 2.75) is 25.4 Å². The van der Waals surface area contributed by atoms with Crippen LogP contribution >= 0.6 is 0 Å². The molecule has 3 aromatic carbocycles. The van der Waals surface area contributed by atoms with Crippen molar-refractivity contribution in [3.8, 4) is 11.1 Å². The van der Waals surface area contributed by atoms with Crippen molar-refractivity contribution in [2.75, 3.05) is 6.54 Å². The molecule has 1 atom stereocenters. The van der Waals surface area contributed by atoms with Crippen molar-refractivity contribution in [1.82, 2.24) is 0 Å².